The second-order valence-corrected chi connectivity index (χ2v) is 12.5. The number of nitrogens with zero attached hydrogens (tertiary/aromatic N) is 1. The van der Waals surface area contributed by atoms with E-state index in [2.05, 4.69) is 0 Å². The topological polar surface area (TPSA) is 170 Å². The van der Waals surface area contributed by atoms with Crippen molar-refractivity contribution in [2.45, 2.75) is 121 Å². The molecule has 11 nitrogen and oxygen atoms in total. The zero-order chi connectivity index (χ0) is 28.8. The van der Waals surface area contributed by atoms with Gasteiger partial charge in [-0.2, -0.15) is 0 Å². The highest BCUT2D eigenvalue weighted by Gasteiger charge is 2.45. The minimum atomic E-state index is -1.18. The molecule has 0 aromatic heterocycles. The van der Waals surface area contributed by atoms with Crippen LogP contribution in [0.1, 0.15) is 103 Å². The fourth-order valence-electron chi connectivity index (χ4n) is 7.55. The Morgan fingerprint density at radius 1 is 0.625 bits per heavy atom. The number of rotatable bonds is 9. The van der Waals surface area contributed by atoms with Gasteiger partial charge in [0.15, 0.2) is 0 Å². The summed E-state index contributed by atoms with van der Waals surface area (Å²) in [5, 5.41) is 30.1. The molecule has 0 amide bonds. The first-order valence-electron chi connectivity index (χ1n) is 15.1. The highest BCUT2D eigenvalue weighted by molar-refractivity contribution is 5.82. The number of carbonyl (C=O) groups is 4. The van der Waals surface area contributed by atoms with Crippen LogP contribution in [0, 0.1) is 45.6 Å². The van der Waals surface area contributed by atoms with Crippen molar-refractivity contribution in [3.05, 3.63) is 10.1 Å². The maximum atomic E-state index is 12.8. The van der Waals surface area contributed by atoms with Crippen molar-refractivity contribution in [1.82, 2.24) is 0 Å². The van der Waals surface area contributed by atoms with Crippen LogP contribution in [0.5, 0.6) is 0 Å². The zero-order valence-corrected chi connectivity index (χ0v) is 23.1. The summed E-state index contributed by atoms with van der Waals surface area (Å²) >= 11 is 0. The normalized spacial score (nSPS) is 36.6. The van der Waals surface area contributed by atoms with Gasteiger partial charge in [-0.1, -0.05) is 12.8 Å². The van der Waals surface area contributed by atoms with Gasteiger partial charge in [-0.3, -0.25) is 29.3 Å². The molecular weight excluding hydrogens is 522 g/mol. The number of hydrogen-bond donors (Lipinski definition) is 2. The van der Waals surface area contributed by atoms with Crippen molar-refractivity contribution >= 4 is 23.9 Å². The molecule has 5 unspecified atom stereocenters. The van der Waals surface area contributed by atoms with Crippen molar-refractivity contribution in [3.8, 4) is 0 Å². The fraction of sp³-hybridized carbons (Fsp3) is 0.862. The Morgan fingerprint density at radius 3 is 1.52 bits per heavy atom. The molecule has 0 aliphatic heterocycles. The van der Waals surface area contributed by atoms with Crippen LogP contribution in [-0.2, 0) is 28.7 Å². The Balaban J connectivity index is 1.15. The Labute approximate surface area is 234 Å². The largest absolute Gasteiger partial charge is 0.481 e. The van der Waals surface area contributed by atoms with Gasteiger partial charge in [0, 0.05) is 17.8 Å². The first kappa shape index (κ1) is 30.2. The molecule has 0 spiro atoms. The number of hydrogen-bond acceptors (Lipinski definition) is 8. The third-order valence-corrected chi connectivity index (χ3v) is 9.95. The zero-order valence-electron chi connectivity index (χ0n) is 23.1. The molecule has 4 rings (SSSR count). The lowest BCUT2D eigenvalue weighted by Crippen LogP contribution is -2.41. The summed E-state index contributed by atoms with van der Waals surface area (Å²) in [6.45, 7) is 0. The number of carboxylic acid groups (broad SMARTS) is 2. The van der Waals surface area contributed by atoms with Gasteiger partial charge in [0.1, 0.15) is 12.2 Å². The smallest absolute Gasteiger partial charge is 0.310 e. The van der Waals surface area contributed by atoms with Crippen LogP contribution in [-0.4, -0.2) is 57.3 Å². The highest BCUT2D eigenvalue weighted by atomic mass is 16.6. The van der Waals surface area contributed by atoms with Crippen molar-refractivity contribution < 1.29 is 43.8 Å². The van der Waals surface area contributed by atoms with E-state index in [9.17, 15) is 39.5 Å². The Kier molecular flexibility index (Phi) is 10.4. The molecule has 2 N–H and O–H groups in total. The average molecular weight is 566 g/mol. The first-order chi connectivity index (χ1) is 19.1. The second-order valence-electron chi connectivity index (χ2n) is 12.5. The van der Waals surface area contributed by atoms with Crippen LogP contribution in [0.3, 0.4) is 0 Å². The van der Waals surface area contributed by atoms with Crippen LogP contribution in [0.15, 0.2) is 0 Å². The van der Waals surface area contributed by atoms with Crippen LogP contribution < -0.4 is 0 Å². The molecule has 11 heteroatoms. The Bertz CT molecular complexity index is 937. The Hall–Kier alpha value is -2.72. The molecule has 0 heterocycles. The van der Waals surface area contributed by atoms with Gasteiger partial charge in [-0.05, 0) is 88.9 Å². The van der Waals surface area contributed by atoms with Gasteiger partial charge in [-0.25, -0.2) is 0 Å². The van der Waals surface area contributed by atoms with E-state index in [-0.39, 0.29) is 37.4 Å². The molecule has 224 valence electrons. The van der Waals surface area contributed by atoms with Crippen LogP contribution in [0.4, 0.5) is 0 Å². The number of aliphatic carboxylic acids is 2. The van der Waals surface area contributed by atoms with Gasteiger partial charge in [0.05, 0.1) is 23.7 Å². The van der Waals surface area contributed by atoms with E-state index >= 15 is 0 Å². The van der Waals surface area contributed by atoms with Gasteiger partial charge < -0.3 is 19.7 Å². The summed E-state index contributed by atoms with van der Waals surface area (Å²) in [7, 11) is 0. The van der Waals surface area contributed by atoms with Gasteiger partial charge in [-0.15, -0.1) is 0 Å². The van der Waals surface area contributed by atoms with E-state index in [0.29, 0.717) is 24.7 Å². The van der Waals surface area contributed by atoms with Gasteiger partial charge in [0.25, 0.3) is 0 Å². The average Bonchev–Trinajstić information content (AvgIpc) is 2.94. The van der Waals surface area contributed by atoms with Gasteiger partial charge >= 0.3 is 23.9 Å². The molecule has 4 aliphatic carbocycles. The quantitative estimate of drug-likeness (QED) is 0.228. The number of ether oxygens (including phenoxy) is 2. The predicted octanol–water partition coefficient (Wildman–Crippen LogP) is 4.62. The molecule has 40 heavy (non-hydrogen) atoms. The van der Waals surface area contributed by atoms with E-state index in [1.165, 1.54) is 0 Å². The van der Waals surface area contributed by atoms with Crippen molar-refractivity contribution in [2.75, 3.05) is 0 Å². The van der Waals surface area contributed by atoms with Crippen molar-refractivity contribution in [3.63, 3.8) is 0 Å². The lowest BCUT2D eigenvalue weighted by Gasteiger charge is -2.35. The standard InChI is InChI=1S/C29H43NO10/c31-26(32)22-3-1-2-4-23(22)28(35)39-20-10-5-17(6-11-20)15-18-7-12-21(13-8-18)40-29(36)24-14-9-19(30(37)38)16-25(24)27(33)34/h17-25H,1-16H2,(H,31,32)(H,33,34). The fourth-order valence-corrected chi connectivity index (χ4v) is 7.55. The lowest BCUT2D eigenvalue weighted by atomic mass is 9.76. The lowest BCUT2D eigenvalue weighted by molar-refractivity contribution is -0.528. The molecule has 0 aromatic carbocycles. The molecule has 0 radical (unpaired) electrons. The van der Waals surface area contributed by atoms with Crippen LogP contribution in [0.2, 0.25) is 0 Å². The van der Waals surface area contributed by atoms with E-state index in [1.807, 2.05) is 0 Å². The summed E-state index contributed by atoms with van der Waals surface area (Å²) in [6, 6.07) is -0.927. The first-order valence-corrected chi connectivity index (χ1v) is 15.1. The molecule has 0 saturated heterocycles. The molecule has 4 fully saturated rings. The predicted molar refractivity (Wildman–Crippen MR) is 141 cm³/mol. The third-order valence-electron chi connectivity index (χ3n) is 9.95. The maximum Gasteiger partial charge on any atom is 0.310 e. The summed E-state index contributed by atoms with van der Waals surface area (Å²) in [5.41, 5.74) is 0. The van der Waals surface area contributed by atoms with Crippen molar-refractivity contribution in [1.29, 1.82) is 0 Å². The monoisotopic (exact) mass is 565 g/mol. The summed E-state index contributed by atoms with van der Waals surface area (Å²) in [4.78, 5) is 59.3. The molecule has 5 atom stereocenters. The minimum absolute atomic E-state index is 0.134. The molecule has 0 bridgehead atoms. The second kappa shape index (κ2) is 13.8. The summed E-state index contributed by atoms with van der Waals surface area (Å²) in [6.07, 6.45) is 10.6. The Morgan fingerprint density at radius 2 is 1.07 bits per heavy atom. The maximum absolute atomic E-state index is 12.8. The van der Waals surface area contributed by atoms with E-state index in [0.717, 1.165) is 70.6 Å². The summed E-state index contributed by atoms with van der Waals surface area (Å²) < 4.78 is 11.5. The highest BCUT2D eigenvalue weighted by Crippen LogP contribution is 2.39. The van der Waals surface area contributed by atoms with E-state index in [4.69, 9.17) is 9.47 Å². The van der Waals surface area contributed by atoms with Crippen LogP contribution in [0.25, 0.3) is 0 Å². The molecule has 0 aromatic rings. The molecule has 4 aliphatic rings. The molecule has 4 saturated carbocycles. The van der Waals surface area contributed by atoms with Crippen molar-refractivity contribution in [2.24, 2.45) is 35.5 Å². The van der Waals surface area contributed by atoms with E-state index in [1.54, 1.807) is 0 Å². The van der Waals surface area contributed by atoms with Gasteiger partial charge in [0.2, 0.25) is 6.04 Å². The SMILES string of the molecule is O=C(O)C1CCCCC1C(=O)OC1CCC(CC2CCC(OC(=O)C3CCC([N+](=O)[O-])CC3C(=O)O)CC2)CC1. The number of esters is 2. The van der Waals surface area contributed by atoms with E-state index < -0.39 is 52.5 Å². The third kappa shape index (κ3) is 7.72. The number of carboxylic acids is 2. The number of nitro groups is 1. The number of carbonyl (C=O) groups excluding carboxylic acids is 2. The summed E-state index contributed by atoms with van der Waals surface area (Å²) in [5.74, 6) is -4.95. The minimum Gasteiger partial charge on any atom is -0.481 e. The molecular formula is C29H43NO10. The van der Waals surface area contributed by atoms with Crippen LogP contribution >= 0.6 is 0 Å².